The summed E-state index contributed by atoms with van der Waals surface area (Å²) in [7, 11) is 3.10. The molecule has 0 bridgehead atoms. The fourth-order valence-electron chi connectivity index (χ4n) is 4.61. The molecule has 0 spiro atoms. The van der Waals surface area contributed by atoms with E-state index in [0.717, 1.165) is 11.0 Å². The molecule has 1 aromatic heterocycles. The second kappa shape index (κ2) is 9.25. The van der Waals surface area contributed by atoms with Crippen LogP contribution in [0.2, 0.25) is 0 Å². The average Bonchev–Trinajstić information content (AvgIpc) is 3.19. The van der Waals surface area contributed by atoms with Crippen molar-refractivity contribution in [3.05, 3.63) is 62.3 Å². The molecule has 33 heavy (non-hydrogen) atoms. The molecule has 3 heterocycles. The number of carbonyl (C=O) groups excluding carboxylic acids is 2. The van der Waals surface area contributed by atoms with E-state index in [2.05, 4.69) is 24.3 Å². The highest BCUT2D eigenvalue weighted by Crippen LogP contribution is 2.22. The number of hydrogen-bond donors (Lipinski definition) is 0. The molecule has 1 aromatic carbocycles. The lowest BCUT2D eigenvalue weighted by atomic mass is 10.1. The Morgan fingerprint density at radius 2 is 1.64 bits per heavy atom. The number of likely N-dealkylation sites (tertiary alicyclic amines) is 1. The standard InChI is InChI=1S/C24H31N5O4/c1-17-4-6-18(7-5-17)8-9-29-16-19(14-22(29)31)23(32)28-12-10-27(11-13-28)20-15-21(30)26(3)24(33)25(20)2/h4-7,15,19H,8-14,16H2,1-3H3/t19-/m1/s1. The van der Waals surface area contributed by atoms with Crippen LogP contribution in [0.1, 0.15) is 17.5 Å². The van der Waals surface area contributed by atoms with Gasteiger partial charge < -0.3 is 14.7 Å². The van der Waals surface area contributed by atoms with Gasteiger partial charge in [0.2, 0.25) is 11.8 Å². The second-order valence-corrected chi connectivity index (χ2v) is 9.03. The third-order valence-corrected chi connectivity index (χ3v) is 6.77. The van der Waals surface area contributed by atoms with E-state index in [4.69, 9.17) is 0 Å². The Kier molecular flexibility index (Phi) is 6.40. The number of benzene rings is 1. The highest BCUT2D eigenvalue weighted by molar-refractivity contribution is 5.89. The summed E-state index contributed by atoms with van der Waals surface area (Å²) >= 11 is 0. The normalized spacial score (nSPS) is 18.8. The van der Waals surface area contributed by atoms with Crippen molar-refractivity contribution in [2.24, 2.45) is 20.0 Å². The maximum atomic E-state index is 13.1. The van der Waals surface area contributed by atoms with E-state index in [0.29, 0.717) is 45.1 Å². The largest absolute Gasteiger partial charge is 0.354 e. The Balaban J connectivity index is 1.33. The lowest BCUT2D eigenvalue weighted by Crippen LogP contribution is -2.52. The molecular formula is C24H31N5O4. The lowest BCUT2D eigenvalue weighted by Gasteiger charge is -2.37. The average molecular weight is 454 g/mol. The number of piperazine rings is 1. The van der Waals surface area contributed by atoms with Gasteiger partial charge in [-0.1, -0.05) is 29.8 Å². The first-order valence-corrected chi connectivity index (χ1v) is 11.4. The zero-order chi connectivity index (χ0) is 23.7. The highest BCUT2D eigenvalue weighted by Gasteiger charge is 2.37. The van der Waals surface area contributed by atoms with E-state index in [1.54, 1.807) is 16.8 Å². The summed E-state index contributed by atoms with van der Waals surface area (Å²) in [5.41, 5.74) is 1.68. The van der Waals surface area contributed by atoms with Gasteiger partial charge in [-0.05, 0) is 18.9 Å². The number of anilines is 1. The first-order valence-electron chi connectivity index (χ1n) is 11.4. The van der Waals surface area contributed by atoms with E-state index in [9.17, 15) is 19.2 Å². The minimum absolute atomic E-state index is 0.0127. The molecule has 9 nitrogen and oxygen atoms in total. The molecule has 2 aliphatic rings. The van der Waals surface area contributed by atoms with Crippen LogP contribution in [0.4, 0.5) is 5.82 Å². The summed E-state index contributed by atoms with van der Waals surface area (Å²) in [6.07, 6.45) is 1.04. The number of aryl methyl sites for hydroxylation is 1. The highest BCUT2D eigenvalue weighted by atomic mass is 16.2. The molecule has 176 valence electrons. The van der Waals surface area contributed by atoms with E-state index in [1.807, 2.05) is 11.8 Å². The van der Waals surface area contributed by atoms with Crippen LogP contribution in [0.15, 0.2) is 39.9 Å². The van der Waals surface area contributed by atoms with Crippen molar-refractivity contribution in [1.82, 2.24) is 18.9 Å². The van der Waals surface area contributed by atoms with E-state index < -0.39 is 0 Å². The fraction of sp³-hybridized carbons (Fsp3) is 0.500. The van der Waals surface area contributed by atoms with E-state index >= 15 is 0 Å². The van der Waals surface area contributed by atoms with Gasteiger partial charge in [-0.2, -0.15) is 0 Å². The number of hydrogen-bond acceptors (Lipinski definition) is 5. The first-order chi connectivity index (χ1) is 15.7. The molecule has 0 unspecified atom stereocenters. The molecule has 0 radical (unpaired) electrons. The second-order valence-electron chi connectivity index (χ2n) is 9.03. The van der Waals surface area contributed by atoms with Crippen molar-refractivity contribution in [3.63, 3.8) is 0 Å². The van der Waals surface area contributed by atoms with Crippen LogP contribution in [-0.2, 0) is 30.1 Å². The quantitative estimate of drug-likeness (QED) is 0.642. The summed E-state index contributed by atoms with van der Waals surface area (Å²) in [6, 6.07) is 9.75. The zero-order valence-electron chi connectivity index (χ0n) is 19.5. The molecule has 1 atom stereocenters. The van der Waals surface area contributed by atoms with Gasteiger partial charge in [0.1, 0.15) is 5.82 Å². The molecule has 9 heteroatoms. The Morgan fingerprint density at radius 3 is 2.30 bits per heavy atom. The molecule has 4 rings (SSSR count). The molecule has 2 amide bonds. The van der Waals surface area contributed by atoms with Crippen molar-refractivity contribution >= 4 is 17.6 Å². The van der Waals surface area contributed by atoms with E-state index in [1.165, 1.54) is 28.8 Å². The Morgan fingerprint density at radius 1 is 0.970 bits per heavy atom. The van der Waals surface area contributed by atoms with Gasteiger partial charge in [0.25, 0.3) is 5.56 Å². The molecule has 2 fully saturated rings. The van der Waals surface area contributed by atoms with Gasteiger partial charge in [0.15, 0.2) is 0 Å². The monoisotopic (exact) mass is 453 g/mol. The predicted molar refractivity (Wildman–Crippen MR) is 125 cm³/mol. The van der Waals surface area contributed by atoms with Crippen molar-refractivity contribution in [2.75, 3.05) is 44.2 Å². The molecule has 0 aliphatic carbocycles. The van der Waals surface area contributed by atoms with Gasteiger partial charge in [-0.25, -0.2) is 4.79 Å². The van der Waals surface area contributed by atoms with Crippen LogP contribution in [0.3, 0.4) is 0 Å². The van der Waals surface area contributed by atoms with Gasteiger partial charge in [0, 0.05) is 65.9 Å². The summed E-state index contributed by atoms with van der Waals surface area (Å²) in [5, 5.41) is 0. The summed E-state index contributed by atoms with van der Waals surface area (Å²) in [5.74, 6) is 0.303. The predicted octanol–water partition coefficient (Wildman–Crippen LogP) is 0.132. The smallest absolute Gasteiger partial charge is 0.332 e. The maximum Gasteiger partial charge on any atom is 0.332 e. The minimum Gasteiger partial charge on any atom is -0.354 e. The number of nitrogens with zero attached hydrogens (tertiary/aromatic N) is 5. The summed E-state index contributed by atoms with van der Waals surface area (Å²) < 4.78 is 2.53. The number of carbonyl (C=O) groups is 2. The van der Waals surface area contributed by atoms with Crippen molar-refractivity contribution < 1.29 is 9.59 Å². The van der Waals surface area contributed by atoms with Gasteiger partial charge >= 0.3 is 5.69 Å². The van der Waals surface area contributed by atoms with Crippen LogP contribution in [0, 0.1) is 12.8 Å². The molecular weight excluding hydrogens is 422 g/mol. The topological polar surface area (TPSA) is 87.9 Å². The van der Waals surface area contributed by atoms with Crippen LogP contribution < -0.4 is 16.1 Å². The van der Waals surface area contributed by atoms with Crippen molar-refractivity contribution in [3.8, 4) is 0 Å². The van der Waals surface area contributed by atoms with Crippen LogP contribution >= 0.6 is 0 Å². The van der Waals surface area contributed by atoms with Gasteiger partial charge in [0.05, 0.1) is 5.92 Å². The lowest BCUT2D eigenvalue weighted by molar-refractivity contribution is -0.136. The Bertz CT molecular complexity index is 1160. The number of rotatable bonds is 5. The number of amides is 2. The Hall–Kier alpha value is -3.36. The van der Waals surface area contributed by atoms with Crippen LogP contribution in [0.25, 0.3) is 0 Å². The molecule has 2 saturated heterocycles. The Labute approximate surface area is 192 Å². The summed E-state index contributed by atoms with van der Waals surface area (Å²) in [4.78, 5) is 55.4. The zero-order valence-corrected chi connectivity index (χ0v) is 19.5. The third kappa shape index (κ3) is 4.72. The first kappa shape index (κ1) is 22.8. The molecule has 2 aromatic rings. The van der Waals surface area contributed by atoms with Crippen LogP contribution in [-0.4, -0.2) is 70.0 Å². The van der Waals surface area contributed by atoms with E-state index in [-0.39, 0.29) is 35.4 Å². The maximum absolute atomic E-state index is 13.1. The number of aromatic nitrogens is 2. The van der Waals surface area contributed by atoms with Crippen molar-refractivity contribution in [1.29, 1.82) is 0 Å². The summed E-state index contributed by atoms with van der Waals surface area (Å²) in [6.45, 7) is 5.19. The van der Waals surface area contributed by atoms with Crippen molar-refractivity contribution in [2.45, 2.75) is 19.8 Å². The van der Waals surface area contributed by atoms with Gasteiger partial charge in [-0.15, -0.1) is 0 Å². The van der Waals surface area contributed by atoms with Crippen LogP contribution in [0.5, 0.6) is 0 Å². The molecule has 2 aliphatic heterocycles. The SMILES string of the molecule is Cc1ccc(CCN2C[C@H](C(=O)N3CCN(c4cc(=O)n(C)c(=O)n4C)CC3)CC2=O)cc1. The molecule has 0 N–H and O–H groups in total. The molecule has 0 saturated carbocycles. The third-order valence-electron chi connectivity index (χ3n) is 6.77. The fourth-order valence-corrected chi connectivity index (χ4v) is 4.61. The minimum atomic E-state index is -0.369. The van der Waals surface area contributed by atoms with Gasteiger partial charge in [-0.3, -0.25) is 23.5 Å².